The molecule has 154 valence electrons. The van der Waals surface area contributed by atoms with Crippen LogP contribution in [0, 0.1) is 5.92 Å². The molecule has 0 aliphatic carbocycles. The van der Waals surface area contributed by atoms with Gasteiger partial charge in [-0.2, -0.15) is 0 Å². The van der Waals surface area contributed by atoms with Gasteiger partial charge in [0.2, 0.25) is 11.8 Å². The third kappa shape index (κ3) is 4.30. The van der Waals surface area contributed by atoms with Crippen molar-refractivity contribution in [1.29, 1.82) is 0 Å². The summed E-state index contributed by atoms with van der Waals surface area (Å²) >= 11 is 0. The van der Waals surface area contributed by atoms with Crippen LogP contribution in [0.4, 0.5) is 0 Å². The van der Waals surface area contributed by atoms with Crippen LogP contribution in [-0.2, 0) is 16.0 Å². The van der Waals surface area contributed by atoms with E-state index in [1.165, 1.54) is 0 Å². The van der Waals surface area contributed by atoms with Gasteiger partial charge in [0.25, 0.3) is 0 Å². The minimum absolute atomic E-state index is 0.0543. The summed E-state index contributed by atoms with van der Waals surface area (Å²) in [6.45, 7) is 5.84. The number of rotatable bonds is 5. The predicted octanol–water partition coefficient (Wildman–Crippen LogP) is 2.88. The first-order valence-corrected chi connectivity index (χ1v) is 10.8. The fraction of sp³-hybridized carbons (Fsp3) is 0.500. The van der Waals surface area contributed by atoms with Gasteiger partial charge in [-0.3, -0.25) is 9.59 Å². The lowest BCUT2D eigenvalue weighted by Crippen LogP contribution is -2.55. The summed E-state index contributed by atoms with van der Waals surface area (Å²) in [6.07, 6.45) is 3.42. The highest BCUT2D eigenvalue weighted by Crippen LogP contribution is 2.29. The zero-order valence-corrected chi connectivity index (χ0v) is 17.4. The van der Waals surface area contributed by atoms with E-state index in [0.29, 0.717) is 6.04 Å². The molecule has 5 heteroatoms. The third-order valence-corrected chi connectivity index (χ3v) is 6.34. The van der Waals surface area contributed by atoms with Crippen LogP contribution in [0.25, 0.3) is 10.8 Å². The number of nitrogens with zero attached hydrogens (tertiary/aromatic N) is 1. The maximum absolute atomic E-state index is 13.4. The number of hydrogen-bond donors (Lipinski definition) is 2. The fourth-order valence-electron chi connectivity index (χ4n) is 4.77. The summed E-state index contributed by atoms with van der Waals surface area (Å²) in [7, 11) is 0. The Morgan fingerprint density at radius 3 is 2.62 bits per heavy atom. The van der Waals surface area contributed by atoms with Gasteiger partial charge >= 0.3 is 0 Å². The molecule has 2 amide bonds. The highest BCUT2D eigenvalue weighted by Gasteiger charge is 2.41. The second-order valence-corrected chi connectivity index (χ2v) is 8.77. The first kappa shape index (κ1) is 19.9. The van der Waals surface area contributed by atoms with E-state index in [9.17, 15) is 9.59 Å². The molecule has 2 aliphatic heterocycles. The van der Waals surface area contributed by atoms with E-state index >= 15 is 0 Å². The molecule has 2 saturated heterocycles. The lowest BCUT2D eigenvalue weighted by Gasteiger charge is -2.33. The number of hydrogen-bond acceptors (Lipinski definition) is 3. The maximum atomic E-state index is 13.4. The van der Waals surface area contributed by atoms with Gasteiger partial charge in [0, 0.05) is 18.6 Å². The van der Waals surface area contributed by atoms with Crippen LogP contribution in [0.1, 0.15) is 38.7 Å². The van der Waals surface area contributed by atoms with Crippen molar-refractivity contribution in [2.24, 2.45) is 5.92 Å². The van der Waals surface area contributed by atoms with Crippen molar-refractivity contribution >= 4 is 22.6 Å². The van der Waals surface area contributed by atoms with Gasteiger partial charge in [0.1, 0.15) is 6.04 Å². The van der Waals surface area contributed by atoms with Gasteiger partial charge < -0.3 is 15.5 Å². The SMILES string of the molecule is CC(C)C(NC(=O)Cc1ccc2ccccc2c1)C(=O)N1C2CCNCC1CC2. The Morgan fingerprint density at radius 2 is 1.83 bits per heavy atom. The summed E-state index contributed by atoms with van der Waals surface area (Å²) in [5.74, 6) is 0.0503. The Morgan fingerprint density at radius 1 is 1.07 bits per heavy atom. The molecule has 2 heterocycles. The van der Waals surface area contributed by atoms with Gasteiger partial charge in [0.05, 0.1) is 6.42 Å². The van der Waals surface area contributed by atoms with Crippen LogP contribution in [-0.4, -0.2) is 47.9 Å². The molecule has 29 heavy (non-hydrogen) atoms. The van der Waals surface area contributed by atoms with E-state index in [-0.39, 0.29) is 30.2 Å². The molecular formula is C24H31N3O2. The van der Waals surface area contributed by atoms with Crippen LogP contribution in [0.3, 0.4) is 0 Å². The van der Waals surface area contributed by atoms with Gasteiger partial charge in [-0.05, 0) is 48.1 Å². The molecule has 2 aromatic carbocycles. The lowest BCUT2D eigenvalue weighted by atomic mass is 10.0. The Labute approximate surface area is 172 Å². The van der Waals surface area contributed by atoms with Crippen LogP contribution in [0.5, 0.6) is 0 Å². The van der Waals surface area contributed by atoms with Crippen molar-refractivity contribution in [1.82, 2.24) is 15.5 Å². The quantitative estimate of drug-likeness (QED) is 0.821. The van der Waals surface area contributed by atoms with Gasteiger partial charge in [-0.1, -0.05) is 56.3 Å². The number of fused-ring (bicyclic) bond motifs is 3. The third-order valence-electron chi connectivity index (χ3n) is 6.34. The Bertz CT molecular complexity index is 881. The minimum Gasteiger partial charge on any atom is -0.344 e. The second kappa shape index (κ2) is 8.54. The van der Waals surface area contributed by atoms with E-state index in [4.69, 9.17) is 0 Å². The Kier molecular flexibility index (Phi) is 5.86. The number of benzene rings is 2. The van der Waals surface area contributed by atoms with Crippen molar-refractivity contribution in [3.8, 4) is 0 Å². The zero-order valence-electron chi connectivity index (χ0n) is 17.4. The number of carbonyl (C=O) groups excluding carboxylic acids is 2. The molecule has 2 aliphatic rings. The number of nitrogens with one attached hydrogen (secondary N) is 2. The second-order valence-electron chi connectivity index (χ2n) is 8.77. The van der Waals surface area contributed by atoms with Gasteiger partial charge in [0.15, 0.2) is 0 Å². The van der Waals surface area contributed by atoms with Crippen molar-refractivity contribution in [2.75, 3.05) is 13.1 Å². The molecule has 2 bridgehead atoms. The molecule has 2 N–H and O–H groups in total. The summed E-state index contributed by atoms with van der Waals surface area (Å²) in [4.78, 5) is 28.3. The predicted molar refractivity (Wildman–Crippen MR) is 116 cm³/mol. The van der Waals surface area contributed by atoms with Gasteiger partial charge in [-0.15, -0.1) is 0 Å². The zero-order chi connectivity index (χ0) is 20.4. The molecule has 0 radical (unpaired) electrons. The molecule has 5 nitrogen and oxygen atoms in total. The van der Waals surface area contributed by atoms with E-state index in [1.807, 2.05) is 38.1 Å². The minimum atomic E-state index is -0.468. The van der Waals surface area contributed by atoms with E-state index < -0.39 is 6.04 Å². The average Bonchev–Trinajstić information content (AvgIpc) is 2.97. The van der Waals surface area contributed by atoms with Crippen molar-refractivity contribution in [3.63, 3.8) is 0 Å². The molecule has 2 aromatic rings. The molecule has 0 saturated carbocycles. The first-order chi connectivity index (χ1) is 14.0. The van der Waals surface area contributed by atoms with Crippen molar-refractivity contribution in [3.05, 3.63) is 48.0 Å². The monoisotopic (exact) mass is 393 g/mol. The van der Waals surface area contributed by atoms with Crippen LogP contribution >= 0.6 is 0 Å². The van der Waals surface area contributed by atoms with Crippen LogP contribution < -0.4 is 10.6 Å². The van der Waals surface area contributed by atoms with Gasteiger partial charge in [-0.25, -0.2) is 0 Å². The van der Waals surface area contributed by atoms with Crippen LogP contribution in [0.2, 0.25) is 0 Å². The highest BCUT2D eigenvalue weighted by atomic mass is 16.2. The average molecular weight is 394 g/mol. The lowest BCUT2D eigenvalue weighted by molar-refractivity contribution is -0.139. The largest absolute Gasteiger partial charge is 0.344 e. The molecule has 0 spiro atoms. The van der Waals surface area contributed by atoms with Crippen molar-refractivity contribution < 1.29 is 9.59 Å². The molecule has 2 fully saturated rings. The van der Waals surface area contributed by atoms with Crippen molar-refractivity contribution in [2.45, 2.75) is 57.7 Å². The fourth-order valence-corrected chi connectivity index (χ4v) is 4.77. The normalized spacial score (nSPS) is 22.5. The standard InChI is InChI=1S/C24H31N3O2/c1-16(2)23(24(29)27-20-9-10-21(27)15-25-12-11-20)26-22(28)14-17-7-8-18-5-3-4-6-19(18)13-17/h3-8,13,16,20-21,23,25H,9-12,14-15H2,1-2H3,(H,26,28). The summed E-state index contributed by atoms with van der Waals surface area (Å²) in [5, 5.41) is 8.78. The summed E-state index contributed by atoms with van der Waals surface area (Å²) in [5.41, 5.74) is 0.968. The van der Waals surface area contributed by atoms with E-state index in [1.54, 1.807) is 0 Å². The molecule has 4 rings (SSSR count). The van der Waals surface area contributed by atoms with E-state index in [2.05, 4.69) is 33.7 Å². The Balaban J connectivity index is 1.45. The maximum Gasteiger partial charge on any atom is 0.245 e. The summed E-state index contributed by atoms with van der Waals surface area (Å²) in [6, 6.07) is 14.3. The number of amides is 2. The number of carbonyl (C=O) groups is 2. The molecule has 3 unspecified atom stereocenters. The highest BCUT2D eigenvalue weighted by molar-refractivity contribution is 5.90. The molecule has 0 aromatic heterocycles. The smallest absolute Gasteiger partial charge is 0.245 e. The molecular weight excluding hydrogens is 362 g/mol. The van der Waals surface area contributed by atoms with Crippen LogP contribution in [0.15, 0.2) is 42.5 Å². The molecule has 3 atom stereocenters. The summed E-state index contributed by atoms with van der Waals surface area (Å²) < 4.78 is 0. The first-order valence-electron chi connectivity index (χ1n) is 10.8. The van der Waals surface area contributed by atoms with E-state index in [0.717, 1.165) is 48.7 Å². The Hall–Kier alpha value is -2.40. The topological polar surface area (TPSA) is 61.4 Å².